The van der Waals surface area contributed by atoms with E-state index in [0.717, 1.165) is 29.7 Å². The minimum Gasteiger partial charge on any atom is -0.338 e. The Bertz CT molecular complexity index is 539. The van der Waals surface area contributed by atoms with Crippen molar-refractivity contribution < 1.29 is 4.79 Å². The molecular formula is C16H24BrCl2N3O. The van der Waals surface area contributed by atoms with E-state index in [1.54, 1.807) is 0 Å². The molecule has 4 nitrogen and oxygen atoms in total. The van der Waals surface area contributed by atoms with Crippen LogP contribution in [0.2, 0.25) is 0 Å². The highest BCUT2D eigenvalue weighted by atomic mass is 79.9. The van der Waals surface area contributed by atoms with Crippen LogP contribution in [0.25, 0.3) is 0 Å². The molecule has 1 amide bonds. The molecule has 0 bridgehead atoms. The van der Waals surface area contributed by atoms with Gasteiger partial charge in [0.05, 0.1) is 0 Å². The Kier molecular flexibility index (Phi) is 7.36. The summed E-state index contributed by atoms with van der Waals surface area (Å²) in [5.41, 5.74) is 6.29. The summed E-state index contributed by atoms with van der Waals surface area (Å²) < 4.78 is 0.995. The maximum Gasteiger partial charge on any atom is 0.247 e. The number of halogens is 3. The molecule has 0 spiro atoms. The van der Waals surface area contributed by atoms with E-state index in [1.165, 1.54) is 19.4 Å². The second-order valence-electron chi connectivity index (χ2n) is 6.29. The molecule has 0 aliphatic carbocycles. The fourth-order valence-electron chi connectivity index (χ4n) is 3.42. The zero-order chi connectivity index (χ0) is 15.0. The van der Waals surface area contributed by atoms with E-state index < -0.39 is 5.54 Å². The zero-order valence-corrected chi connectivity index (χ0v) is 16.4. The van der Waals surface area contributed by atoms with Gasteiger partial charge in [-0.3, -0.25) is 9.69 Å². The molecule has 1 aromatic carbocycles. The molecule has 3 rings (SSSR count). The van der Waals surface area contributed by atoms with E-state index in [4.69, 9.17) is 5.73 Å². The smallest absolute Gasteiger partial charge is 0.247 e. The van der Waals surface area contributed by atoms with Gasteiger partial charge in [0, 0.05) is 30.1 Å². The van der Waals surface area contributed by atoms with Gasteiger partial charge in [-0.1, -0.05) is 28.1 Å². The van der Waals surface area contributed by atoms with Gasteiger partial charge < -0.3 is 10.6 Å². The van der Waals surface area contributed by atoms with Gasteiger partial charge in [0.15, 0.2) is 0 Å². The summed E-state index contributed by atoms with van der Waals surface area (Å²) in [5.74, 6) is 0.0383. The summed E-state index contributed by atoms with van der Waals surface area (Å²) in [6.45, 7) is 5.59. The monoisotopic (exact) mass is 423 g/mol. The van der Waals surface area contributed by atoms with E-state index in [-0.39, 0.29) is 30.7 Å². The number of amides is 1. The van der Waals surface area contributed by atoms with Gasteiger partial charge in [0.2, 0.25) is 5.91 Å². The highest BCUT2D eigenvalue weighted by molar-refractivity contribution is 9.10. The van der Waals surface area contributed by atoms with E-state index in [0.29, 0.717) is 6.04 Å². The fourth-order valence-corrected chi connectivity index (χ4v) is 3.69. The molecule has 2 unspecified atom stereocenters. The Hall–Kier alpha value is -0.330. The Labute approximate surface area is 158 Å². The number of rotatable bonds is 2. The van der Waals surface area contributed by atoms with E-state index in [2.05, 4.69) is 20.8 Å². The predicted molar refractivity (Wildman–Crippen MR) is 101 cm³/mol. The van der Waals surface area contributed by atoms with Crippen LogP contribution in [0.3, 0.4) is 0 Å². The Morgan fingerprint density at radius 3 is 2.52 bits per heavy atom. The number of benzene rings is 1. The minimum absolute atomic E-state index is 0. The largest absolute Gasteiger partial charge is 0.338 e. The second kappa shape index (κ2) is 8.17. The first-order chi connectivity index (χ1) is 9.98. The third-order valence-corrected chi connectivity index (χ3v) is 5.29. The van der Waals surface area contributed by atoms with E-state index in [1.807, 2.05) is 36.1 Å². The molecule has 0 aromatic heterocycles. The van der Waals surface area contributed by atoms with Gasteiger partial charge in [-0.05, 0) is 44.0 Å². The molecule has 2 aliphatic rings. The Morgan fingerprint density at radius 1 is 1.22 bits per heavy atom. The Balaban J connectivity index is 0.00000132. The van der Waals surface area contributed by atoms with Crippen LogP contribution >= 0.6 is 40.7 Å². The summed E-state index contributed by atoms with van der Waals surface area (Å²) in [4.78, 5) is 17.3. The molecule has 7 heteroatoms. The molecule has 0 saturated carbocycles. The lowest BCUT2D eigenvalue weighted by Gasteiger charge is -2.40. The lowest BCUT2D eigenvalue weighted by molar-refractivity contribution is -0.139. The number of hydrogen-bond donors (Lipinski definition) is 1. The van der Waals surface area contributed by atoms with Crippen LogP contribution in [-0.4, -0.2) is 47.9 Å². The van der Waals surface area contributed by atoms with Crippen molar-refractivity contribution >= 4 is 46.7 Å². The quantitative estimate of drug-likeness (QED) is 0.793. The van der Waals surface area contributed by atoms with Crippen molar-refractivity contribution in [3.05, 3.63) is 34.3 Å². The normalized spacial score (nSPS) is 23.3. The van der Waals surface area contributed by atoms with Crippen molar-refractivity contribution in [3.8, 4) is 0 Å². The highest BCUT2D eigenvalue weighted by Crippen LogP contribution is 2.26. The standard InChI is InChI=1S/C16H22BrN3O.2ClH/c1-16(18,12-4-6-13(17)7-5-12)15(21)20-10-9-19-8-2-3-14(19)11-20;;/h4-7,14H,2-3,8-11,18H2,1H3;2*1H. The van der Waals surface area contributed by atoms with Gasteiger partial charge in [0.25, 0.3) is 0 Å². The van der Waals surface area contributed by atoms with Crippen LogP contribution in [0.15, 0.2) is 28.7 Å². The maximum absolute atomic E-state index is 12.9. The van der Waals surface area contributed by atoms with E-state index >= 15 is 0 Å². The number of carbonyl (C=O) groups excluding carboxylic acids is 1. The number of carbonyl (C=O) groups is 1. The highest BCUT2D eigenvalue weighted by Gasteiger charge is 2.39. The number of fused-ring (bicyclic) bond motifs is 1. The van der Waals surface area contributed by atoms with Gasteiger partial charge in [-0.15, -0.1) is 24.8 Å². The van der Waals surface area contributed by atoms with Crippen molar-refractivity contribution in [1.82, 2.24) is 9.80 Å². The summed E-state index contributed by atoms with van der Waals surface area (Å²) >= 11 is 3.41. The third-order valence-electron chi connectivity index (χ3n) is 4.76. The molecule has 23 heavy (non-hydrogen) atoms. The second-order valence-corrected chi connectivity index (χ2v) is 7.21. The van der Waals surface area contributed by atoms with Crippen molar-refractivity contribution in [3.63, 3.8) is 0 Å². The molecule has 1 aromatic rings. The molecule has 2 aliphatic heterocycles. The summed E-state index contributed by atoms with van der Waals surface area (Å²) in [5, 5.41) is 0. The third kappa shape index (κ3) is 4.20. The van der Waals surface area contributed by atoms with Gasteiger partial charge in [0.1, 0.15) is 5.54 Å². The maximum atomic E-state index is 12.9. The fraction of sp³-hybridized carbons (Fsp3) is 0.562. The lowest BCUT2D eigenvalue weighted by atomic mass is 9.91. The summed E-state index contributed by atoms with van der Waals surface area (Å²) in [6, 6.07) is 8.25. The van der Waals surface area contributed by atoms with Crippen molar-refractivity contribution in [2.24, 2.45) is 5.73 Å². The number of piperazine rings is 1. The molecule has 0 radical (unpaired) electrons. The number of nitrogens with two attached hydrogens (primary N) is 1. The van der Waals surface area contributed by atoms with Crippen LogP contribution in [0.1, 0.15) is 25.3 Å². The van der Waals surface area contributed by atoms with Gasteiger partial charge in [-0.25, -0.2) is 0 Å². The van der Waals surface area contributed by atoms with Gasteiger partial charge >= 0.3 is 0 Å². The predicted octanol–water partition coefficient (Wildman–Crippen LogP) is 2.77. The van der Waals surface area contributed by atoms with Crippen molar-refractivity contribution in [2.75, 3.05) is 26.2 Å². The Morgan fingerprint density at radius 2 is 1.87 bits per heavy atom. The number of hydrogen-bond acceptors (Lipinski definition) is 3. The molecule has 130 valence electrons. The van der Waals surface area contributed by atoms with Crippen LogP contribution < -0.4 is 5.73 Å². The first kappa shape index (κ1) is 20.7. The molecule has 2 atom stereocenters. The SMILES string of the molecule is CC(N)(C(=O)N1CCN2CCCC2C1)c1ccc(Br)cc1.Cl.Cl. The molecule has 2 fully saturated rings. The molecular weight excluding hydrogens is 401 g/mol. The summed E-state index contributed by atoms with van der Waals surface area (Å²) in [7, 11) is 0. The van der Waals surface area contributed by atoms with Crippen molar-refractivity contribution in [1.29, 1.82) is 0 Å². The number of nitrogens with zero attached hydrogens (tertiary/aromatic N) is 2. The van der Waals surface area contributed by atoms with Crippen LogP contribution in [-0.2, 0) is 10.3 Å². The molecule has 2 N–H and O–H groups in total. The summed E-state index contributed by atoms with van der Waals surface area (Å²) in [6.07, 6.45) is 2.45. The first-order valence-electron chi connectivity index (χ1n) is 7.57. The molecule has 2 saturated heterocycles. The topological polar surface area (TPSA) is 49.6 Å². The lowest BCUT2D eigenvalue weighted by Crippen LogP contribution is -2.58. The van der Waals surface area contributed by atoms with Crippen LogP contribution in [0.5, 0.6) is 0 Å². The first-order valence-corrected chi connectivity index (χ1v) is 8.36. The minimum atomic E-state index is -0.957. The van der Waals surface area contributed by atoms with Gasteiger partial charge in [-0.2, -0.15) is 0 Å². The van der Waals surface area contributed by atoms with Crippen LogP contribution in [0.4, 0.5) is 0 Å². The zero-order valence-electron chi connectivity index (χ0n) is 13.2. The average Bonchev–Trinajstić information content (AvgIpc) is 2.94. The van der Waals surface area contributed by atoms with E-state index in [9.17, 15) is 4.79 Å². The van der Waals surface area contributed by atoms with Crippen molar-refractivity contribution in [2.45, 2.75) is 31.3 Å². The van der Waals surface area contributed by atoms with Crippen LogP contribution in [0, 0.1) is 0 Å². The average molecular weight is 425 g/mol. The molecule has 2 heterocycles.